The van der Waals surface area contributed by atoms with Gasteiger partial charge >= 0.3 is 18.0 Å². The summed E-state index contributed by atoms with van der Waals surface area (Å²) in [6.45, 7) is 5.26. The normalized spacial score (nSPS) is 10.9. The van der Waals surface area contributed by atoms with E-state index in [1.807, 2.05) is 0 Å². The molecule has 24 heavy (non-hydrogen) atoms. The smallest absolute Gasteiger partial charge is 0.413 e. The average Bonchev–Trinajstić information content (AvgIpc) is 2.50. The van der Waals surface area contributed by atoms with Gasteiger partial charge in [0.1, 0.15) is 11.4 Å². The van der Waals surface area contributed by atoms with Crippen LogP contribution in [-0.2, 0) is 30.2 Å². The molecule has 1 aromatic heterocycles. The first-order valence-corrected chi connectivity index (χ1v) is 7.27. The van der Waals surface area contributed by atoms with Crippen LogP contribution < -0.4 is 5.32 Å². The van der Waals surface area contributed by atoms with Gasteiger partial charge < -0.3 is 14.2 Å². The lowest BCUT2D eigenvalue weighted by Gasteiger charge is -2.19. The van der Waals surface area contributed by atoms with Gasteiger partial charge in [-0.25, -0.2) is 9.78 Å². The topological polar surface area (TPSA) is 104 Å². The van der Waals surface area contributed by atoms with Crippen molar-refractivity contribution in [1.29, 1.82) is 0 Å². The van der Waals surface area contributed by atoms with Crippen molar-refractivity contribution in [1.82, 2.24) is 4.98 Å². The summed E-state index contributed by atoms with van der Waals surface area (Å²) < 4.78 is 14.3. The van der Waals surface area contributed by atoms with Crippen molar-refractivity contribution < 1.29 is 28.6 Å². The molecule has 0 aliphatic rings. The van der Waals surface area contributed by atoms with Crippen molar-refractivity contribution in [3.8, 4) is 0 Å². The van der Waals surface area contributed by atoms with Gasteiger partial charge in [-0.15, -0.1) is 0 Å². The minimum absolute atomic E-state index is 0.0824. The minimum Gasteiger partial charge on any atom is -0.468 e. The van der Waals surface area contributed by atoms with Crippen LogP contribution in [0.2, 0.25) is 0 Å². The number of carbonyl (C=O) groups is 3. The Bertz CT molecular complexity index is 576. The highest BCUT2D eigenvalue weighted by molar-refractivity contribution is 5.95. The van der Waals surface area contributed by atoms with Crippen molar-refractivity contribution in [3.05, 3.63) is 23.9 Å². The van der Waals surface area contributed by atoms with E-state index in [4.69, 9.17) is 4.74 Å². The maximum atomic E-state index is 11.7. The lowest BCUT2D eigenvalue weighted by molar-refractivity contribution is -0.158. The van der Waals surface area contributed by atoms with E-state index in [1.54, 1.807) is 32.9 Å². The number of rotatable bonds is 5. The van der Waals surface area contributed by atoms with Crippen molar-refractivity contribution >= 4 is 23.8 Å². The average molecular weight is 338 g/mol. The van der Waals surface area contributed by atoms with Crippen molar-refractivity contribution in [3.63, 3.8) is 0 Å². The summed E-state index contributed by atoms with van der Waals surface area (Å²) >= 11 is 0. The fourth-order valence-corrected chi connectivity index (χ4v) is 1.81. The first-order chi connectivity index (χ1) is 11.2. The summed E-state index contributed by atoms with van der Waals surface area (Å²) in [6.07, 6.45) is 0.912. The van der Waals surface area contributed by atoms with E-state index in [0.29, 0.717) is 11.4 Å². The number of methoxy groups -OCH3 is 2. The number of amides is 1. The number of ether oxygens (including phenoxy) is 3. The number of carbonyl (C=O) groups excluding carboxylic acids is 3. The Morgan fingerprint density at radius 1 is 1.12 bits per heavy atom. The van der Waals surface area contributed by atoms with Crippen molar-refractivity contribution in [2.24, 2.45) is 5.92 Å². The summed E-state index contributed by atoms with van der Waals surface area (Å²) in [5.41, 5.74) is 0.00342. The van der Waals surface area contributed by atoms with E-state index < -0.39 is 29.6 Å². The number of hydrogen-bond donors (Lipinski definition) is 1. The third-order valence-electron chi connectivity index (χ3n) is 2.86. The Labute approximate surface area is 140 Å². The molecule has 1 amide bonds. The highest BCUT2D eigenvalue weighted by Gasteiger charge is 2.29. The molecule has 0 bridgehead atoms. The van der Waals surface area contributed by atoms with Crippen LogP contribution in [0.15, 0.2) is 18.3 Å². The molecule has 132 valence electrons. The van der Waals surface area contributed by atoms with Crippen LogP contribution in [0.25, 0.3) is 0 Å². The van der Waals surface area contributed by atoms with E-state index in [9.17, 15) is 14.4 Å². The molecule has 0 radical (unpaired) electrons. The maximum absolute atomic E-state index is 11.7. The minimum atomic E-state index is -1.06. The van der Waals surface area contributed by atoms with Gasteiger partial charge in [0, 0.05) is 6.20 Å². The highest BCUT2D eigenvalue weighted by atomic mass is 16.6. The first-order valence-electron chi connectivity index (χ1n) is 7.27. The fourth-order valence-electron chi connectivity index (χ4n) is 1.81. The van der Waals surface area contributed by atoms with Crippen LogP contribution in [-0.4, -0.2) is 42.8 Å². The van der Waals surface area contributed by atoms with Crippen LogP contribution in [0.5, 0.6) is 0 Å². The number of pyridine rings is 1. The van der Waals surface area contributed by atoms with Gasteiger partial charge in [-0.3, -0.25) is 14.9 Å². The molecule has 8 nitrogen and oxygen atoms in total. The van der Waals surface area contributed by atoms with Crippen LogP contribution in [0, 0.1) is 5.92 Å². The molecule has 0 aromatic carbocycles. The number of nitrogens with one attached hydrogen (secondary N) is 1. The Morgan fingerprint density at radius 3 is 2.12 bits per heavy atom. The summed E-state index contributed by atoms with van der Waals surface area (Å²) in [4.78, 5) is 39.0. The van der Waals surface area contributed by atoms with Gasteiger partial charge in [0.2, 0.25) is 0 Å². The molecule has 0 fully saturated rings. The zero-order valence-corrected chi connectivity index (χ0v) is 14.4. The predicted octanol–water partition coefficient (Wildman–Crippen LogP) is 1.93. The molecular weight excluding hydrogens is 316 g/mol. The largest absolute Gasteiger partial charge is 0.468 e. The van der Waals surface area contributed by atoms with Crippen LogP contribution in [0.1, 0.15) is 26.3 Å². The molecule has 0 spiro atoms. The molecule has 0 saturated heterocycles. The monoisotopic (exact) mass is 338 g/mol. The third-order valence-corrected chi connectivity index (χ3v) is 2.86. The van der Waals surface area contributed by atoms with E-state index in [-0.39, 0.29) is 6.42 Å². The molecule has 1 N–H and O–H groups in total. The zero-order chi connectivity index (χ0) is 18.3. The predicted molar refractivity (Wildman–Crippen MR) is 85.3 cm³/mol. The second kappa shape index (κ2) is 8.28. The standard InChI is InChI=1S/C16H22N2O6/c1-16(2,3)24-15(21)18-12-7-6-10(9-17-12)8-11(13(19)22-4)14(20)23-5/h6-7,9,11H,8H2,1-5H3,(H,17,18,21). The molecule has 8 heteroatoms. The molecule has 0 saturated carbocycles. The van der Waals surface area contributed by atoms with E-state index in [2.05, 4.69) is 19.8 Å². The quantitative estimate of drug-likeness (QED) is 0.497. The number of esters is 2. The van der Waals surface area contributed by atoms with Gasteiger partial charge in [-0.05, 0) is 38.8 Å². The maximum Gasteiger partial charge on any atom is 0.413 e. The van der Waals surface area contributed by atoms with Crippen molar-refractivity contribution in [2.75, 3.05) is 19.5 Å². The van der Waals surface area contributed by atoms with Crippen LogP contribution in [0.4, 0.5) is 10.6 Å². The van der Waals surface area contributed by atoms with Crippen LogP contribution >= 0.6 is 0 Å². The lowest BCUT2D eigenvalue weighted by atomic mass is 10.0. The molecule has 0 aliphatic carbocycles. The number of hydrogen-bond acceptors (Lipinski definition) is 7. The molecule has 0 atom stereocenters. The Kier molecular flexibility index (Phi) is 6.69. The Hall–Kier alpha value is -2.64. The Balaban J connectivity index is 2.74. The summed E-state index contributed by atoms with van der Waals surface area (Å²) in [5.74, 6) is -2.14. The zero-order valence-electron chi connectivity index (χ0n) is 14.4. The van der Waals surface area contributed by atoms with Gasteiger partial charge in [0.05, 0.1) is 14.2 Å². The summed E-state index contributed by atoms with van der Waals surface area (Å²) in [7, 11) is 2.40. The molecule has 0 unspecified atom stereocenters. The van der Waals surface area contributed by atoms with E-state index >= 15 is 0 Å². The Morgan fingerprint density at radius 2 is 1.71 bits per heavy atom. The third kappa shape index (κ3) is 6.23. The molecule has 1 aromatic rings. The fraction of sp³-hybridized carbons (Fsp3) is 0.500. The van der Waals surface area contributed by atoms with Gasteiger partial charge in [-0.1, -0.05) is 6.07 Å². The second-order valence-corrected chi connectivity index (χ2v) is 5.98. The number of nitrogens with zero attached hydrogens (tertiary/aromatic N) is 1. The van der Waals surface area contributed by atoms with Crippen molar-refractivity contribution in [2.45, 2.75) is 32.8 Å². The molecule has 1 heterocycles. The van der Waals surface area contributed by atoms with Gasteiger partial charge in [0.25, 0.3) is 0 Å². The highest BCUT2D eigenvalue weighted by Crippen LogP contribution is 2.14. The summed E-state index contributed by atoms with van der Waals surface area (Å²) in [5, 5.41) is 2.49. The van der Waals surface area contributed by atoms with Gasteiger partial charge in [-0.2, -0.15) is 0 Å². The van der Waals surface area contributed by atoms with Crippen LogP contribution in [0.3, 0.4) is 0 Å². The first kappa shape index (κ1) is 19.4. The molecule has 1 rings (SSSR count). The second-order valence-electron chi connectivity index (χ2n) is 5.98. The number of anilines is 1. The van der Waals surface area contributed by atoms with E-state index in [0.717, 1.165) is 0 Å². The SMILES string of the molecule is COC(=O)C(Cc1ccc(NC(=O)OC(C)(C)C)nc1)C(=O)OC. The molecule has 0 aliphatic heterocycles. The summed E-state index contributed by atoms with van der Waals surface area (Å²) in [6, 6.07) is 3.18. The van der Waals surface area contributed by atoms with E-state index in [1.165, 1.54) is 20.4 Å². The van der Waals surface area contributed by atoms with Gasteiger partial charge in [0.15, 0.2) is 5.92 Å². The lowest BCUT2D eigenvalue weighted by Crippen LogP contribution is -2.28. The number of aromatic nitrogens is 1. The molecular formula is C16H22N2O6.